The lowest BCUT2D eigenvalue weighted by Gasteiger charge is -2.23. The summed E-state index contributed by atoms with van der Waals surface area (Å²) in [6.45, 7) is 0.904. The van der Waals surface area contributed by atoms with Crippen molar-refractivity contribution in [2.75, 3.05) is 10.6 Å². The van der Waals surface area contributed by atoms with E-state index in [9.17, 15) is 14.7 Å². The largest absolute Gasteiger partial charge is 0.477 e. The minimum atomic E-state index is -1.46. The number of anilines is 2. The van der Waals surface area contributed by atoms with E-state index in [1.54, 1.807) is 0 Å². The standard InChI is InChI=1S/C22H20F2N4O3.ClH/c23-16-18(26)15-19(28(13-3-4-13)9-14(21(15)29)22(30)31)17(24)20(16)27-7-11-2-1-10(6-25)5-12(11)8-27;/h1-2,5,9,13H,3-4,6-8,25-26H2,(H,30,31);1H. The van der Waals surface area contributed by atoms with Gasteiger partial charge in [-0.1, -0.05) is 18.2 Å². The zero-order valence-corrected chi connectivity index (χ0v) is 17.7. The van der Waals surface area contributed by atoms with Crippen LogP contribution in [0.1, 0.15) is 45.9 Å². The first-order valence-electron chi connectivity index (χ1n) is 9.96. The third kappa shape index (κ3) is 3.20. The number of aromatic nitrogens is 1. The summed E-state index contributed by atoms with van der Waals surface area (Å²) in [7, 11) is 0. The van der Waals surface area contributed by atoms with Crippen LogP contribution >= 0.6 is 12.4 Å². The molecule has 7 nitrogen and oxygen atoms in total. The lowest BCUT2D eigenvalue weighted by Crippen LogP contribution is -2.24. The number of aromatic carboxylic acids is 1. The number of halogens is 3. The molecule has 168 valence electrons. The van der Waals surface area contributed by atoms with Gasteiger partial charge in [-0.25, -0.2) is 13.6 Å². The highest BCUT2D eigenvalue weighted by molar-refractivity contribution is 5.99. The van der Waals surface area contributed by atoms with Gasteiger partial charge in [-0.15, -0.1) is 12.4 Å². The average molecular weight is 463 g/mol. The van der Waals surface area contributed by atoms with Crippen LogP contribution < -0.4 is 21.8 Å². The smallest absolute Gasteiger partial charge is 0.341 e. The summed E-state index contributed by atoms with van der Waals surface area (Å²) in [4.78, 5) is 25.8. The van der Waals surface area contributed by atoms with E-state index in [1.807, 2.05) is 18.2 Å². The number of nitrogens with two attached hydrogens (primary N) is 2. The Hall–Kier alpha value is -3.17. The van der Waals surface area contributed by atoms with Crippen LogP contribution in [0.4, 0.5) is 20.2 Å². The molecule has 0 saturated heterocycles. The van der Waals surface area contributed by atoms with Gasteiger partial charge in [-0.3, -0.25) is 4.79 Å². The first-order valence-corrected chi connectivity index (χ1v) is 9.96. The van der Waals surface area contributed by atoms with Gasteiger partial charge < -0.3 is 26.0 Å². The molecule has 0 amide bonds. The van der Waals surface area contributed by atoms with Gasteiger partial charge in [0.2, 0.25) is 5.43 Å². The molecule has 1 fully saturated rings. The predicted molar refractivity (Wildman–Crippen MR) is 119 cm³/mol. The maximum absolute atomic E-state index is 15.8. The van der Waals surface area contributed by atoms with Gasteiger partial charge in [0, 0.05) is 31.9 Å². The van der Waals surface area contributed by atoms with Crippen molar-refractivity contribution in [3.63, 3.8) is 0 Å². The lowest BCUT2D eigenvalue weighted by atomic mass is 10.1. The monoisotopic (exact) mass is 462 g/mol. The van der Waals surface area contributed by atoms with Crippen molar-refractivity contribution in [2.45, 2.75) is 38.5 Å². The summed E-state index contributed by atoms with van der Waals surface area (Å²) in [6, 6.07) is 5.52. The normalized spacial score (nSPS) is 15.0. The molecular weight excluding hydrogens is 442 g/mol. The molecule has 5 rings (SSSR count). The Morgan fingerprint density at radius 3 is 2.47 bits per heavy atom. The fourth-order valence-electron chi connectivity index (χ4n) is 4.36. The Bertz CT molecular complexity index is 1340. The number of rotatable bonds is 4. The third-order valence-corrected chi connectivity index (χ3v) is 6.08. The molecule has 0 atom stereocenters. The van der Waals surface area contributed by atoms with E-state index >= 15 is 8.78 Å². The van der Waals surface area contributed by atoms with Crippen LogP contribution in [0, 0.1) is 11.6 Å². The third-order valence-electron chi connectivity index (χ3n) is 6.08. The van der Waals surface area contributed by atoms with Gasteiger partial charge in [-0.2, -0.15) is 0 Å². The Morgan fingerprint density at radius 2 is 1.84 bits per heavy atom. The lowest BCUT2D eigenvalue weighted by molar-refractivity contribution is 0.0695. The van der Waals surface area contributed by atoms with Gasteiger partial charge in [0.25, 0.3) is 0 Å². The Balaban J connectivity index is 0.00000245. The highest BCUT2D eigenvalue weighted by Crippen LogP contribution is 2.43. The number of hydrogen-bond acceptors (Lipinski definition) is 5. The highest BCUT2D eigenvalue weighted by Gasteiger charge is 2.34. The van der Waals surface area contributed by atoms with E-state index in [-0.39, 0.29) is 42.7 Å². The number of benzene rings is 2. The van der Waals surface area contributed by atoms with E-state index in [1.165, 1.54) is 9.47 Å². The van der Waals surface area contributed by atoms with Gasteiger partial charge in [-0.05, 0) is 29.5 Å². The van der Waals surface area contributed by atoms with Crippen LogP contribution in [0.2, 0.25) is 0 Å². The molecule has 32 heavy (non-hydrogen) atoms. The summed E-state index contributed by atoms with van der Waals surface area (Å²) < 4.78 is 32.6. The first-order chi connectivity index (χ1) is 14.8. The van der Waals surface area contributed by atoms with Crippen molar-refractivity contribution in [1.82, 2.24) is 4.57 Å². The number of hydrogen-bond donors (Lipinski definition) is 3. The maximum Gasteiger partial charge on any atom is 0.341 e. The molecule has 1 aliphatic heterocycles. The van der Waals surface area contributed by atoms with Gasteiger partial charge >= 0.3 is 5.97 Å². The highest BCUT2D eigenvalue weighted by atomic mass is 35.5. The summed E-state index contributed by atoms with van der Waals surface area (Å²) >= 11 is 0. The molecule has 0 bridgehead atoms. The number of carboxylic acids is 1. The second-order valence-corrected chi connectivity index (χ2v) is 8.09. The summed E-state index contributed by atoms with van der Waals surface area (Å²) in [6.07, 6.45) is 2.56. The zero-order valence-electron chi connectivity index (χ0n) is 16.9. The van der Waals surface area contributed by atoms with Gasteiger partial charge in [0.1, 0.15) is 11.3 Å². The molecular formula is C22H21ClF2N4O3. The Labute approximate surface area is 187 Å². The number of nitrogen functional groups attached to an aromatic ring is 1. The van der Waals surface area contributed by atoms with Gasteiger partial charge in [0.15, 0.2) is 11.6 Å². The van der Waals surface area contributed by atoms with Crippen molar-refractivity contribution >= 4 is 40.7 Å². The number of pyridine rings is 1. The SMILES string of the molecule is Cl.NCc1ccc2c(c1)CN(c1c(F)c(N)c3c(=O)c(C(=O)O)cn(C4CC4)c3c1F)C2. The summed E-state index contributed by atoms with van der Waals surface area (Å²) in [5, 5.41) is 8.97. The molecule has 2 aliphatic rings. The second-order valence-electron chi connectivity index (χ2n) is 8.09. The second kappa shape index (κ2) is 7.75. The fraction of sp³-hybridized carbons (Fsp3) is 0.273. The fourth-order valence-corrected chi connectivity index (χ4v) is 4.36. The molecule has 0 spiro atoms. The van der Waals surface area contributed by atoms with Gasteiger partial charge in [0.05, 0.1) is 16.6 Å². The van der Waals surface area contributed by atoms with Crippen LogP contribution in [-0.4, -0.2) is 15.6 Å². The van der Waals surface area contributed by atoms with E-state index in [2.05, 4.69) is 0 Å². The molecule has 0 unspecified atom stereocenters. The van der Waals surface area contributed by atoms with E-state index in [0.717, 1.165) is 22.9 Å². The minimum absolute atomic E-state index is 0. The van der Waals surface area contributed by atoms with Crippen LogP contribution in [-0.2, 0) is 19.6 Å². The Kier molecular flexibility index (Phi) is 5.34. The van der Waals surface area contributed by atoms with E-state index in [4.69, 9.17) is 11.5 Å². The van der Waals surface area contributed by atoms with E-state index < -0.39 is 39.7 Å². The van der Waals surface area contributed by atoms with Crippen molar-refractivity contribution in [1.29, 1.82) is 0 Å². The molecule has 10 heteroatoms. The maximum atomic E-state index is 15.8. The quantitative estimate of drug-likeness (QED) is 0.512. The number of carbonyl (C=O) groups is 1. The van der Waals surface area contributed by atoms with Crippen molar-refractivity contribution < 1.29 is 18.7 Å². The molecule has 5 N–H and O–H groups in total. The summed E-state index contributed by atoms with van der Waals surface area (Å²) in [5.74, 6) is -3.43. The Morgan fingerprint density at radius 1 is 1.16 bits per heavy atom. The molecule has 2 heterocycles. The van der Waals surface area contributed by atoms with Crippen LogP contribution in [0.3, 0.4) is 0 Å². The van der Waals surface area contributed by atoms with Crippen molar-refractivity contribution in [3.8, 4) is 0 Å². The van der Waals surface area contributed by atoms with Crippen LogP contribution in [0.15, 0.2) is 29.2 Å². The van der Waals surface area contributed by atoms with Crippen LogP contribution in [0.5, 0.6) is 0 Å². The molecule has 1 aromatic heterocycles. The van der Waals surface area contributed by atoms with Crippen molar-refractivity contribution in [2.24, 2.45) is 5.73 Å². The number of nitrogens with zero attached hydrogens (tertiary/aromatic N) is 2. The van der Waals surface area contributed by atoms with E-state index in [0.29, 0.717) is 19.4 Å². The molecule has 1 saturated carbocycles. The zero-order chi connectivity index (χ0) is 22.0. The predicted octanol–water partition coefficient (Wildman–Crippen LogP) is 3.30. The molecule has 0 radical (unpaired) electrons. The average Bonchev–Trinajstić information content (AvgIpc) is 3.50. The molecule has 1 aliphatic carbocycles. The number of carboxylic acid groups (broad SMARTS) is 1. The molecule has 3 aromatic rings. The minimum Gasteiger partial charge on any atom is -0.477 e. The molecule has 2 aromatic carbocycles. The van der Waals surface area contributed by atoms with Crippen molar-refractivity contribution in [3.05, 3.63) is 68.5 Å². The summed E-state index contributed by atoms with van der Waals surface area (Å²) in [5.41, 5.74) is 11.9. The first kappa shape index (κ1) is 22.0. The number of fused-ring (bicyclic) bond motifs is 2. The van der Waals surface area contributed by atoms with Crippen LogP contribution in [0.25, 0.3) is 10.9 Å². The topological polar surface area (TPSA) is 115 Å².